The van der Waals surface area contributed by atoms with Crippen molar-refractivity contribution in [2.24, 2.45) is 0 Å². The van der Waals surface area contributed by atoms with Crippen LogP contribution >= 0.6 is 27.3 Å². The Morgan fingerprint density at radius 2 is 1.85 bits per heavy atom. The summed E-state index contributed by atoms with van der Waals surface area (Å²) in [4.78, 5) is 0. The van der Waals surface area contributed by atoms with Gasteiger partial charge in [-0.3, -0.25) is 0 Å². The standard InChI is InChI=1S/C17H16BrNS/c1-12(13-6-8-15(18)9-7-13)19-10-14-11-20-17-5-3-2-4-16(14)17/h2-9,11-12,19H,10H2,1H3/t12-/m0/s1. The van der Waals surface area contributed by atoms with Crippen molar-refractivity contribution >= 4 is 37.4 Å². The van der Waals surface area contributed by atoms with Crippen LogP contribution in [0.2, 0.25) is 0 Å². The fraction of sp³-hybridized carbons (Fsp3) is 0.176. The Labute approximate surface area is 131 Å². The van der Waals surface area contributed by atoms with Gasteiger partial charge in [0.15, 0.2) is 0 Å². The van der Waals surface area contributed by atoms with Crippen LogP contribution in [-0.2, 0) is 6.54 Å². The normalized spacial score (nSPS) is 12.7. The molecule has 20 heavy (non-hydrogen) atoms. The second-order valence-corrected chi connectivity index (χ2v) is 6.74. The summed E-state index contributed by atoms with van der Waals surface area (Å²) in [5.74, 6) is 0. The molecule has 1 N–H and O–H groups in total. The van der Waals surface area contributed by atoms with Gasteiger partial charge in [-0.25, -0.2) is 0 Å². The van der Waals surface area contributed by atoms with E-state index in [1.54, 1.807) is 0 Å². The van der Waals surface area contributed by atoms with Crippen molar-refractivity contribution in [3.8, 4) is 0 Å². The van der Waals surface area contributed by atoms with Crippen molar-refractivity contribution in [1.29, 1.82) is 0 Å². The zero-order chi connectivity index (χ0) is 13.9. The van der Waals surface area contributed by atoms with Gasteiger partial charge < -0.3 is 5.32 Å². The topological polar surface area (TPSA) is 12.0 Å². The van der Waals surface area contributed by atoms with E-state index in [2.05, 4.69) is 82.1 Å². The molecule has 0 saturated heterocycles. The van der Waals surface area contributed by atoms with Crippen LogP contribution < -0.4 is 5.32 Å². The molecule has 1 atom stereocenters. The highest BCUT2D eigenvalue weighted by Crippen LogP contribution is 2.26. The third-order valence-electron chi connectivity index (χ3n) is 3.53. The summed E-state index contributed by atoms with van der Waals surface area (Å²) in [5, 5.41) is 7.23. The predicted octanol–water partition coefficient (Wildman–Crippen LogP) is 5.51. The number of rotatable bonds is 4. The fourth-order valence-electron chi connectivity index (χ4n) is 2.30. The van der Waals surface area contributed by atoms with E-state index in [9.17, 15) is 0 Å². The van der Waals surface area contributed by atoms with Gasteiger partial charge in [-0.05, 0) is 47.0 Å². The summed E-state index contributed by atoms with van der Waals surface area (Å²) in [7, 11) is 0. The highest BCUT2D eigenvalue weighted by Gasteiger charge is 2.07. The third kappa shape index (κ3) is 2.95. The average Bonchev–Trinajstić information content (AvgIpc) is 2.89. The summed E-state index contributed by atoms with van der Waals surface area (Å²) >= 11 is 5.29. The lowest BCUT2D eigenvalue weighted by Crippen LogP contribution is -2.17. The van der Waals surface area contributed by atoms with Crippen LogP contribution in [0.15, 0.2) is 58.4 Å². The van der Waals surface area contributed by atoms with Gasteiger partial charge in [0.1, 0.15) is 0 Å². The maximum absolute atomic E-state index is 3.60. The monoisotopic (exact) mass is 345 g/mol. The summed E-state index contributed by atoms with van der Waals surface area (Å²) in [5.41, 5.74) is 2.70. The van der Waals surface area contributed by atoms with E-state index < -0.39 is 0 Å². The second-order valence-electron chi connectivity index (χ2n) is 4.91. The number of nitrogens with one attached hydrogen (secondary N) is 1. The van der Waals surface area contributed by atoms with E-state index in [0.29, 0.717) is 6.04 Å². The first-order valence-electron chi connectivity index (χ1n) is 6.68. The molecule has 3 heteroatoms. The maximum atomic E-state index is 3.60. The molecule has 3 rings (SSSR count). The largest absolute Gasteiger partial charge is 0.306 e. The van der Waals surface area contributed by atoms with Crippen LogP contribution in [0.25, 0.3) is 10.1 Å². The Kier molecular flexibility index (Phi) is 4.20. The van der Waals surface area contributed by atoms with Gasteiger partial charge in [0.05, 0.1) is 0 Å². The number of hydrogen-bond donors (Lipinski definition) is 1. The number of halogens is 1. The molecule has 0 bridgehead atoms. The molecular weight excluding hydrogens is 330 g/mol. The first-order chi connectivity index (χ1) is 9.74. The Bertz CT molecular complexity index is 702. The molecule has 0 saturated carbocycles. The number of benzene rings is 2. The Morgan fingerprint density at radius 3 is 2.65 bits per heavy atom. The second kappa shape index (κ2) is 6.08. The number of thiophene rings is 1. The Balaban J connectivity index is 1.71. The smallest absolute Gasteiger partial charge is 0.0346 e. The first kappa shape index (κ1) is 13.8. The molecule has 0 spiro atoms. The molecule has 0 aliphatic carbocycles. The van der Waals surface area contributed by atoms with Gasteiger partial charge in [-0.2, -0.15) is 0 Å². The number of fused-ring (bicyclic) bond motifs is 1. The summed E-state index contributed by atoms with van der Waals surface area (Å²) in [6.07, 6.45) is 0. The lowest BCUT2D eigenvalue weighted by atomic mass is 10.1. The van der Waals surface area contributed by atoms with E-state index in [-0.39, 0.29) is 0 Å². The first-order valence-corrected chi connectivity index (χ1v) is 8.35. The predicted molar refractivity (Wildman–Crippen MR) is 91.2 cm³/mol. The molecule has 0 aliphatic heterocycles. The zero-order valence-corrected chi connectivity index (χ0v) is 13.7. The van der Waals surface area contributed by atoms with Crippen LogP contribution in [0.3, 0.4) is 0 Å². The minimum atomic E-state index is 0.349. The Morgan fingerprint density at radius 1 is 1.10 bits per heavy atom. The third-order valence-corrected chi connectivity index (χ3v) is 5.07. The number of hydrogen-bond acceptors (Lipinski definition) is 2. The summed E-state index contributed by atoms with van der Waals surface area (Å²) in [6, 6.07) is 17.4. The Hall–Kier alpha value is -1.16. The molecule has 1 nitrogen and oxygen atoms in total. The van der Waals surface area contributed by atoms with E-state index in [0.717, 1.165) is 11.0 Å². The van der Waals surface area contributed by atoms with Crippen molar-refractivity contribution in [2.75, 3.05) is 0 Å². The van der Waals surface area contributed by atoms with Crippen LogP contribution in [0.5, 0.6) is 0 Å². The van der Waals surface area contributed by atoms with Gasteiger partial charge >= 0.3 is 0 Å². The van der Waals surface area contributed by atoms with Gasteiger partial charge in [0, 0.05) is 21.8 Å². The van der Waals surface area contributed by atoms with Gasteiger partial charge in [0.2, 0.25) is 0 Å². The van der Waals surface area contributed by atoms with Gasteiger partial charge in [-0.1, -0.05) is 46.3 Å². The maximum Gasteiger partial charge on any atom is 0.0346 e. The van der Waals surface area contributed by atoms with Crippen LogP contribution in [0, 0.1) is 0 Å². The SMILES string of the molecule is C[C@H](NCc1csc2ccccc12)c1ccc(Br)cc1. The summed E-state index contributed by atoms with van der Waals surface area (Å²) < 4.78 is 2.48. The van der Waals surface area contributed by atoms with Crippen molar-refractivity contribution in [1.82, 2.24) is 5.32 Å². The fourth-order valence-corrected chi connectivity index (χ4v) is 3.53. The minimum absolute atomic E-state index is 0.349. The van der Waals surface area contributed by atoms with Crippen molar-refractivity contribution in [3.63, 3.8) is 0 Å². The molecule has 0 radical (unpaired) electrons. The lowest BCUT2D eigenvalue weighted by Gasteiger charge is -2.14. The van der Waals surface area contributed by atoms with E-state index in [1.807, 2.05) is 11.3 Å². The molecule has 1 aromatic heterocycles. The molecule has 0 aliphatic rings. The highest BCUT2D eigenvalue weighted by molar-refractivity contribution is 9.10. The molecule has 102 valence electrons. The molecule has 2 aromatic carbocycles. The van der Waals surface area contributed by atoms with Crippen LogP contribution in [0.4, 0.5) is 0 Å². The minimum Gasteiger partial charge on any atom is -0.306 e. The van der Waals surface area contributed by atoms with Crippen molar-refractivity contribution in [3.05, 3.63) is 69.5 Å². The average molecular weight is 346 g/mol. The van der Waals surface area contributed by atoms with Crippen LogP contribution in [-0.4, -0.2) is 0 Å². The highest BCUT2D eigenvalue weighted by atomic mass is 79.9. The molecule has 0 unspecified atom stereocenters. The molecule has 0 fully saturated rings. The quantitative estimate of drug-likeness (QED) is 0.656. The van der Waals surface area contributed by atoms with Crippen molar-refractivity contribution < 1.29 is 0 Å². The van der Waals surface area contributed by atoms with E-state index in [4.69, 9.17) is 0 Å². The lowest BCUT2D eigenvalue weighted by molar-refractivity contribution is 0.577. The molecule has 3 aromatic rings. The summed E-state index contributed by atoms with van der Waals surface area (Å²) in [6.45, 7) is 3.11. The van der Waals surface area contributed by atoms with E-state index >= 15 is 0 Å². The van der Waals surface area contributed by atoms with Crippen LogP contribution in [0.1, 0.15) is 24.1 Å². The molecule has 0 amide bonds. The van der Waals surface area contributed by atoms with Gasteiger partial charge in [0.25, 0.3) is 0 Å². The zero-order valence-electron chi connectivity index (χ0n) is 11.3. The van der Waals surface area contributed by atoms with Crippen molar-refractivity contribution in [2.45, 2.75) is 19.5 Å². The van der Waals surface area contributed by atoms with E-state index in [1.165, 1.54) is 21.2 Å². The molecular formula is C17H16BrNS. The molecule has 1 heterocycles. The van der Waals surface area contributed by atoms with Gasteiger partial charge in [-0.15, -0.1) is 11.3 Å².